The molecular weight excluding hydrogens is 260 g/mol. The van der Waals surface area contributed by atoms with Crippen LogP contribution in [0.25, 0.3) is 0 Å². The van der Waals surface area contributed by atoms with Crippen molar-refractivity contribution >= 4 is 17.6 Å². The molecule has 0 bridgehead atoms. The van der Waals surface area contributed by atoms with E-state index in [4.69, 9.17) is 4.74 Å². The van der Waals surface area contributed by atoms with Gasteiger partial charge in [0, 0.05) is 18.8 Å². The van der Waals surface area contributed by atoms with Gasteiger partial charge in [0.1, 0.15) is 0 Å². The second kappa shape index (κ2) is 6.91. The first kappa shape index (κ1) is 14.3. The van der Waals surface area contributed by atoms with E-state index in [-0.39, 0.29) is 12.5 Å². The number of benzene rings is 1. The van der Waals surface area contributed by atoms with Crippen LogP contribution < -0.4 is 5.32 Å². The van der Waals surface area contributed by atoms with Crippen LogP contribution in [0, 0.1) is 0 Å². The van der Waals surface area contributed by atoms with E-state index in [0.29, 0.717) is 31.9 Å². The third-order valence-corrected chi connectivity index (χ3v) is 3.09. The van der Waals surface area contributed by atoms with Crippen molar-refractivity contribution in [1.82, 2.24) is 4.90 Å². The molecule has 1 amide bonds. The third-order valence-electron chi connectivity index (χ3n) is 3.09. The molecule has 0 spiro atoms. The van der Waals surface area contributed by atoms with Gasteiger partial charge in [-0.3, -0.25) is 4.79 Å². The molecule has 1 aliphatic heterocycles. The minimum atomic E-state index is -0.395. The van der Waals surface area contributed by atoms with Crippen molar-refractivity contribution in [3.8, 4) is 0 Å². The maximum absolute atomic E-state index is 12.0. The molecule has 1 aliphatic rings. The second-order valence-electron chi connectivity index (χ2n) is 4.42. The summed E-state index contributed by atoms with van der Waals surface area (Å²) in [6.45, 7) is 2.63. The molecule has 1 fully saturated rings. The number of rotatable bonds is 4. The number of hydrogen-bond donors (Lipinski definition) is 1. The van der Waals surface area contributed by atoms with Crippen molar-refractivity contribution in [2.45, 2.75) is 0 Å². The molecule has 1 aromatic rings. The molecule has 0 aliphatic carbocycles. The lowest BCUT2D eigenvalue weighted by atomic mass is 10.2. The number of methoxy groups -OCH3 is 1. The molecule has 20 heavy (non-hydrogen) atoms. The summed E-state index contributed by atoms with van der Waals surface area (Å²) in [5, 5.41) is 3.02. The lowest BCUT2D eigenvalue weighted by molar-refractivity contribution is -0.133. The molecule has 1 aromatic carbocycles. The summed E-state index contributed by atoms with van der Waals surface area (Å²) in [5.74, 6) is -0.370. The highest BCUT2D eigenvalue weighted by molar-refractivity contribution is 5.90. The predicted octanol–water partition coefficient (Wildman–Crippen LogP) is 0.744. The monoisotopic (exact) mass is 278 g/mol. The zero-order valence-electron chi connectivity index (χ0n) is 11.4. The molecule has 0 saturated carbocycles. The first-order chi connectivity index (χ1) is 9.70. The van der Waals surface area contributed by atoms with Gasteiger partial charge in [-0.2, -0.15) is 0 Å². The van der Waals surface area contributed by atoms with Gasteiger partial charge in [0.25, 0.3) is 0 Å². The van der Waals surface area contributed by atoms with Crippen LogP contribution in [0.1, 0.15) is 10.4 Å². The van der Waals surface area contributed by atoms with Gasteiger partial charge in [-0.1, -0.05) is 6.07 Å². The fourth-order valence-corrected chi connectivity index (χ4v) is 1.98. The molecule has 6 heteroatoms. The Balaban J connectivity index is 1.90. The summed E-state index contributed by atoms with van der Waals surface area (Å²) in [7, 11) is 1.34. The van der Waals surface area contributed by atoms with E-state index < -0.39 is 5.97 Å². The lowest BCUT2D eigenvalue weighted by Crippen LogP contribution is -2.43. The molecule has 0 atom stereocenters. The number of nitrogens with one attached hydrogen (secondary N) is 1. The van der Waals surface area contributed by atoms with Crippen LogP contribution in [0.4, 0.5) is 5.69 Å². The number of hydrogen-bond acceptors (Lipinski definition) is 5. The van der Waals surface area contributed by atoms with Crippen LogP contribution >= 0.6 is 0 Å². The fraction of sp³-hybridized carbons (Fsp3) is 0.429. The number of anilines is 1. The summed E-state index contributed by atoms with van der Waals surface area (Å²) in [6.07, 6.45) is 0. The number of carbonyl (C=O) groups is 2. The van der Waals surface area contributed by atoms with E-state index in [1.165, 1.54) is 7.11 Å². The van der Waals surface area contributed by atoms with E-state index >= 15 is 0 Å². The fourth-order valence-electron chi connectivity index (χ4n) is 1.98. The number of esters is 1. The lowest BCUT2D eigenvalue weighted by Gasteiger charge is -2.27. The Morgan fingerprint density at radius 2 is 2.10 bits per heavy atom. The smallest absolute Gasteiger partial charge is 0.337 e. The Bertz CT molecular complexity index is 484. The highest BCUT2D eigenvalue weighted by Crippen LogP contribution is 2.11. The highest BCUT2D eigenvalue weighted by atomic mass is 16.5. The highest BCUT2D eigenvalue weighted by Gasteiger charge is 2.16. The quantitative estimate of drug-likeness (QED) is 0.823. The SMILES string of the molecule is COC(=O)c1cccc(NCC(=O)N2CCOCC2)c1. The van der Waals surface area contributed by atoms with E-state index in [1.54, 1.807) is 29.2 Å². The predicted molar refractivity (Wildman–Crippen MR) is 73.7 cm³/mol. The van der Waals surface area contributed by atoms with Crippen molar-refractivity contribution in [2.75, 3.05) is 45.3 Å². The van der Waals surface area contributed by atoms with E-state index in [2.05, 4.69) is 10.1 Å². The number of ether oxygens (including phenoxy) is 2. The molecule has 1 saturated heterocycles. The van der Waals surface area contributed by atoms with Crippen LogP contribution in [0.15, 0.2) is 24.3 Å². The average molecular weight is 278 g/mol. The van der Waals surface area contributed by atoms with Crippen LogP contribution in [0.5, 0.6) is 0 Å². The van der Waals surface area contributed by atoms with Gasteiger partial charge in [0.2, 0.25) is 5.91 Å². The summed E-state index contributed by atoms with van der Waals surface area (Å²) < 4.78 is 9.86. The maximum atomic E-state index is 12.0. The second-order valence-corrected chi connectivity index (χ2v) is 4.42. The van der Waals surface area contributed by atoms with Crippen LogP contribution in [0.2, 0.25) is 0 Å². The van der Waals surface area contributed by atoms with Gasteiger partial charge in [-0.15, -0.1) is 0 Å². The van der Waals surface area contributed by atoms with Gasteiger partial charge >= 0.3 is 5.97 Å². The Labute approximate surface area is 117 Å². The van der Waals surface area contributed by atoms with E-state index in [0.717, 1.165) is 5.69 Å². The third kappa shape index (κ3) is 3.71. The number of morpholine rings is 1. The molecule has 6 nitrogen and oxygen atoms in total. The van der Waals surface area contributed by atoms with Crippen LogP contribution in [-0.4, -0.2) is 56.7 Å². The molecule has 0 radical (unpaired) electrons. The molecule has 0 unspecified atom stereocenters. The Morgan fingerprint density at radius 3 is 2.80 bits per heavy atom. The maximum Gasteiger partial charge on any atom is 0.337 e. The minimum Gasteiger partial charge on any atom is -0.465 e. The van der Waals surface area contributed by atoms with Gasteiger partial charge in [0.05, 0.1) is 32.4 Å². The van der Waals surface area contributed by atoms with Gasteiger partial charge in [-0.05, 0) is 18.2 Å². The van der Waals surface area contributed by atoms with Crippen molar-refractivity contribution in [1.29, 1.82) is 0 Å². The molecule has 1 heterocycles. The Hall–Kier alpha value is -2.08. The Morgan fingerprint density at radius 1 is 1.35 bits per heavy atom. The zero-order valence-corrected chi connectivity index (χ0v) is 11.4. The summed E-state index contributed by atoms with van der Waals surface area (Å²) >= 11 is 0. The minimum absolute atomic E-state index is 0.0248. The number of carbonyl (C=O) groups excluding carboxylic acids is 2. The van der Waals surface area contributed by atoms with Crippen molar-refractivity contribution in [2.24, 2.45) is 0 Å². The van der Waals surface area contributed by atoms with E-state index in [1.807, 2.05) is 0 Å². The van der Waals surface area contributed by atoms with Gasteiger partial charge < -0.3 is 19.7 Å². The van der Waals surface area contributed by atoms with Gasteiger partial charge in [-0.25, -0.2) is 4.79 Å². The summed E-state index contributed by atoms with van der Waals surface area (Å²) in [6, 6.07) is 6.88. The van der Waals surface area contributed by atoms with Crippen molar-refractivity contribution in [3.05, 3.63) is 29.8 Å². The normalized spacial score (nSPS) is 14.8. The summed E-state index contributed by atoms with van der Waals surface area (Å²) in [5.41, 5.74) is 1.17. The topological polar surface area (TPSA) is 67.9 Å². The molecule has 108 valence electrons. The standard InChI is InChI=1S/C14H18N2O4/c1-19-14(18)11-3-2-4-12(9-11)15-10-13(17)16-5-7-20-8-6-16/h2-4,9,15H,5-8,10H2,1H3. The first-order valence-electron chi connectivity index (χ1n) is 6.48. The molecule has 2 rings (SSSR count). The summed E-state index contributed by atoms with van der Waals surface area (Å²) in [4.78, 5) is 25.1. The van der Waals surface area contributed by atoms with Gasteiger partial charge in [0.15, 0.2) is 0 Å². The first-order valence-corrected chi connectivity index (χ1v) is 6.48. The molecule has 1 N–H and O–H groups in total. The van der Waals surface area contributed by atoms with Crippen molar-refractivity contribution in [3.63, 3.8) is 0 Å². The molecule has 0 aromatic heterocycles. The number of nitrogens with zero attached hydrogens (tertiary/aromatic N) is 1. The average Bonchev–Trinajstić information content (AvgIpc) is 2.53. The molecular formula is C14H18N2O4. The van der Waals surface area contributed by atoms with Crippen molar-refractivity contribution < 1.29 is 19.1 Å². The zero-order chi connectivity index (χ0) is 14.4. The Kier molecular flexibility index (Phi) is 4.95. The largest absolute Gasteiger partial charge is 0.465 e. The number of amides is 1. The van der Waals surface area contributed by atoms with E-state index in [9.17, 15) is 9.59 Å². The van der Waals surface area contributed by atoms with Crippen LogP contribution in [-0.2, 0) is 14.3 Å². The van der Waals surface area contributed by atoms with Crippen LogP contribution in [0.3, 0.4) is 0 Å².